The summed E-state index contributed by atoms with van der Waals surface area (Å²) >= 11 is 0. The molecule has 0 unspecified atom stereocenters. The Hall–Kier alpha value is -2.49. The zero-order valence-electron chi connectivity index (χ0n) is 12.0. The molecule has 0 spiro atoms. The maximum atomic E-state index is 13.6. The maximum Gasteiger partial charge on any atom is 0.162 e. The van der Waals surface area contributed by atoms with Crippen LogP contribution in [0, 0.1) is 12.7 Å². The fourth-order valence-corrected chi connectivity index (χ4v) is 2.37. The molecular weight excluding hydrogens is 265 g/mol. The van der Waals surface area contributed by atoms with E-state index in [-0.39, 0.29) is 5.82 Å². The molecular formula is C17H16FN3. The zero-order chi connectivity index (χ0) is 14.8. The van der Waals surface area contributed by atoms with E-state index in [1.807, 2.05) is 44.2 Å². The van der Waals surface area contributed by atoms with E-state index in [9.17, 15) is 4.39 Å². The quantitative estimate of drug-likeness (QED) is 0.782. The van der Waals surface area contributed by atoms with Crippen LogP contribution in [-0.4, -0.2) is 16.5 Å². The van der Waals surface area contributed by atoms with Gasteiger partial charge in [0.05, 0.1) is 5.52 Å². The fraction of sp³-hybridized carbons (Fsp3) is 0.176. The number of nitrogens with zero attached hydrogens (tertiary/aromatic N) is 2. The number of halogens is 1. The number of aromatic nitrogens is 2. The van der Waals surface area contributed by atoms with Crippen LogP contribution in [0.15, 0.2) is 42.5 Å². The molecule has 0 aliphatic rings. The van der Waals surface area contributed by atoms with E-state index in [0.29, 0.717) is 11.4 Å². The molecule has 0 bridgehead atoms. The molecule has 0 fully saturated rings. The molecule has 2 aromatic carbocycles. The number of nitrogens with one attached hydrogen (secondary N) is 1. The second-order valence-electron chi connectivity index (χ2n) is 4.96. The Morgan fingerprint density at radius 2 is 1.90 bits per heavy atom. The third kappa shape index (κ3) is 2.70. The molecule has 0 radical (unpaired) electrons. The highest BCUT2D eigenvalue weighted by molar-refractivity contribution is 5.90. The lowest BCUT2D eigenvalue weighted by Gasteiger charge is -2.10. The lowest BCUT2D eigenvalue weighted by molar-refractivity contribution is 0.627. The molecule has 1 heterocycles. The third-order valence-corrected chi connectivity index (χ3v) is 3.25. The van der Waals surface area contributed by atoms with Crippen molar-refractivity contribution < 1.29 is 4.39 Å². The SMILES string of the molecule is CCNc1nc(-c2cc(C)cc(F)c2)nc2ccccc12. The Labute approximate surface area is 122 Å². The van der Waals surface area contributed by atoms with Crippen molar-refractivity contribution in [2.24, 2.45) is 0 Å². The summed E-state index contributed by atoms with van der Waals surface area (Å²) in [6.07, 6.45) is 0. The first-order chi connectivity index (χ1) is 10.2. The van der Waals surface area contributed by atoms with Crippen LogP contribution < -0.4 is 5.32 Å². The smallest absolute Gasteiger partial charge is 0.162 e. The Balaban J connectivity index is 2.22. The Kier molecular flexibility index (Phi) is 3.52. The van der Waals surface area contributed by atoms with Gasteiger partial charge in [-0.3, -0.25) is 0 Å². The van der Waals surface area contributed by atoms with Crippen LogP contribution in [0.5, 0.6) is 0 Å². The van der Waals surface area contributed by atoms with Gasteiger partial charge in [-0.25, -0.2) is 14.4 Å². The van der Waals surface area contributed by atoms with Crippen LogP contribution in [0.4, 0.5) is 10.2 Å². The van der Waals surface area contributed by atoms with Crippen LogP contribution in [0.2, 0.25) is 0 Å². The molecule has 21 heavy (non-hydrogen) atoms. The average molecular weight is 281 g/mol. The highest BCUT2D eigenvalue weighted by Gasteiger charge is 2.10. The Bertz CT molecular complexity index is 779. The van der Waals surface area contributed by atoms with Gasteiger partial charge in [0.25, 0.3) is 0 Å². The lowest BCUT2D eigenvalue weighted by atomic mass is 10.1. The normalized spacial score (nSPS) is 10.8. The maximum absolute atomic E-state index is 13.6. The summed E-state index contributed by atoms with van der Waals surface area (Å²) in [6.45, 7) is 4.64. The van der Waals surface area contributed by atoms with Crippen molar-refractivity contribution >= 4 is 16.7 Å². The predicted octanol–water partition coefficient (Wildman–Crippen LogP) is 4.18. The summed E-state index contributed by atoms with van der Waals surface area (Å²) in [5.74, 6) is 1.04. The van der Waals surface area contributed by atoms with Gasteiger partial charge in [-0.2, -0.15) is 0 Å². The van der Waals surface area contributed by atoms with Crippen LogP contribution >= 0.6 is 0 Å². The first-order valence-corrected chi connectivity index (χ1v) is 6.95. The monoisotopic (exact) mass is 281 g/mol. The standard InChI is InChI=1S/C17H16FN3/c1-3-19-17-14-6-4-5-7-15(14)20-16(21-17)12-8-11(2)9-13(18)10-12/h4-10H,3H2,1-2H3,(H,19,20,21). The molecule has 3 nitrogen and oxygen atoms in total. The molecule has 0 amide bonds. The molecule has 3 rings (SSSR count). The summed E-state index contributed by atoms with van der Waals surface area (Å²) in [6, 6.07) is 12.7. The molecule has 0 atom stereocenters. The number of para-hydroxylation sites is 1. The van der Waals surface area contributed by atoms with Crippen LogP contribution in [0.3, 0.4) is 0 Å². The summed E-state index contributed by atoms with van der Waals surface area (Å²) in [5, 5.41) is 4.21. The van der Waals surface area contributed by atoms with Gasteiger partial charge < -0.3 is 5.32 Å². The van der Waals surface area contributed by atoms with Gasteiger partial charge in [-0.1, -0.05) is 12.1 Å². The molecule has 0 aliphatic carbocycles. The highest BCUT2D eigenvalue weighted by atomic mass is 19.1. The molecule has 1 aromatic heterocycles. The number of aryl methyl sites for hydroxylation is 1. The fourth-order valence-electron chi connectivity index (χ4n) is 2.37. The number of anilines is 1. The number of hydrogen-bond donors (Lipinski definition) is 1. The first kappa shape index (κ1) is 13.5. The number of hydrogen-bond acceptors (Lipinski definition) is 3. The van der Waals surface area contributed by atoms with Crippen LogP contribution in [0.1, 0.15) is 12.5 Å². The summed E-state index contributed by atoms with van der Waals surface area (Å²) in [5.41, 5.74) is 2.39. The second kappa shape index (κ2) is 5.48. The van der Waals surface area contributed by atoms with Gasteiger partial charge >= 0.3 is 0 Å². The average Bonchev–Trinajstić information content (AvgIpc) is 2.46. The minimum atomic E-state index is -0.272. The van der Waals surface area contributed by atoms with E-state index in [4.69, 9.17) is 0 Å². The van der Waals surface area contributed by atoms with E-state index < -0.39 is 0 Å². The second-order valence-corrected chi connectivity index (χ2v) is 4.96. The van der Waals surface area contributed by atoms with Crippen molar-refractivity contribution in [1.82, 2.24) is 9.97 Å². The molecule has 106 valence electrons. The van der Waals surface area contributed by atoms with Crippen molar-refractivity contribution in [2.75, 3.05) is 11.9 Å². The van der Waals surface area contributed by atoms with E-state index >= 15 is 0 Å². The van der Waals surface area contributed by atoms with E-state index in [1.165, 1.54) is 12.1 Å². The van der Waals surface area contributed by atoms with Crippen LogP contribution in [-0.2, 0) is 0 Å². The van der Waals surface area contributed by atoms with E-state index in [1.54, 1.807) is 0 Å². The van der Waals surface area contributed by atoms with Gasteiger partial charge in [0.15, 0.2) is 5.82 Å². The van der Waals surface area contributed by atoms with E-state index in [0.717, 1.165) is 28.8 Å². The Morgan fingerprint density at radius 3 is 2.67 bits per heavy atom. The van der Waals surface area contributed by atoms with Gasteiger partial charge in [0.2, 0.25) is 0 Å². The molecule has 3 aromatic rings. The van der Waals surface area contributed by atoms with Gasteiger partial charge in [-0.15, -0.1) is 0 Å². The van der Waals surface area contributed by atoms with Gasteiger partial charge in [0, 0.05) is 17.5 Å². The summed E-state index contributed by atoms with van der Waals surface area (Å²) < 4.78 is 13.6. The Morgan fingerprint density at radius 1 is 1.10 bits per heavy atom. The number of benzene rings is 2. The molecule has 1 N–H and O–H groups in total. The molecule has 4 heteroatoms. The van der Waals surface area contributed by atoms with Crippen molar-refractivity contribution in [3.8, 4) is 11.4 Å². The first-order valence-electron chi connectivity index (χ1n) is 6.95. The zero-order valence-corrected chi connectivity index (χ0v) is 12.0. The van der Waals surface area contributed by atoms with Gasteiger partial charge in [0.1, 0.15) is 11.6 Å². The largest absolute Gasteiger partial charge is 0.370 e. The number of fused-ring (bicyclic) bond motifs is 1. The number of rotatable bonds is 3. The molecule has 0 aliphatic heterocycles. The molecule has 0 saturated heterocycles. The van der Waals surface area contributed by atoms with Crippen molar-refractivity contribution in [3.63, 3.8) is 0 Å². The summed E-state index contributed by atoms with van der Waals surface area (Å²) in [7, 11) is 0. The minimum Gasteiger partial charge on any atom is -0.370 e. The van der Waals surface area contributed by atoms with Crippen molar-refractivity contribution in [3.05, 3.63) is 53.8 Å². The predicted molar refractivity (Wildman–Crippen MR) is 83.8 cm³/mol. The summed E-state index contributed by atoms with van der Waals surface area (Å²) in [4.78, 5) is 9.11. The third-order valence-electron chi connectivity index (χ3n) is 3.25. The van der Waals surface area contributed by atoms with E-state index in [2.05, 4.69) is 15.3 Å². The van der Waals surface area contributed by atoms with Crippen molar-refractivity contribution in [2.45, 2.75) is 13.8 Å². The lowest BCUT2D eigenvalue weighted by Crippen LogP contribution is -2.03. The van der Waals surface area contributed by atoms with Crippen molar-refractivity contribution in [1.29, 1.82) is 0 Å². The topological polar surface area (TPSA) is 37.8 Å². The van der Waals surface area contributed by atoms with Gasteiger partial charge in [-0.05, 0) is 49.7 Å². The molecule has 0 saturated carbocycles. The highest BCUT2D eigenvalue weighted by Crippen LogP contribution is 2.25. The van der Waals surface area contributed by atoms with Crippen LogP contribution in [0.25, 0.3) is 22.3 Å². The minimum absolute atomic E-state index is 0.272.